The van der Waals surface area contributed by atoms with Crippen LogP contribution in [0.3, 0.4) is 0 Å². The number of nitrogens with zero attached hydrogens (tertiary/aromatic N) is 1. The number of benzene rings is 1. The summed E-state index contributed by atoms with van der Waals surface area (Å²) in [4.78, 5) is 25.3. The summed E-state index contributed by atoms with van der Waals surface area (Å²) in [5.74, 6) is -1.16. The number of furan rings is 1. The van der Waals surface area contributed by atoms with Crippen LogP contribution >= 0.6 is 0 Å². The van der Waals surface area contributed by atoms with Crippen LogP contribution in [0.4, 0.5) is 0 Å². The summed E-state index contributed by atoms with van der Waals surface area (Å²) in [6, 6.07) is 3.98. The van der Waals surface area contributed by atoms with Crippen molar-refractivity contribution in [1.29, 1.82) is 0 Å². The fourth-order valence-electron chi connectivity index (χ4n) is 3.09. The summed E-state index contributed by atoms with van der Waals surface area (Å²) in [6.45, 7) is 6.26. The molecule has 3 rings (SSSR count). The summed E-state index contributed by atoms with van der Waals surface area (Å²) < 4.78 is 11.0. The van der Waals surface area contributed by atoms with Gasteiger partial charge in [-0.05, 0) is 31.9 Å². The monoisotopic (exact) mass is 331 g/mol. The van der Waals surface area contributed by atoms with Gasteiger partial charge in [0, 0.05) is 17.5 Å². The highest BCUT2D eigenvalue weighted by Gasteiger charge is 2.32. The number of fused-ring (bicyclic) bond motifs is 1. The van der Waals surface area contributed by atoms with E-state index in [9.17, 15) is 9.59 Å². The first-order valence-corrected chi connectivity index (χ1v) is 7.99. The minimum absolute atomic E-state index is 0.0758. The number of ether oxygens (including phenoxy) is 1. The lowest BCUT2D eigenvalue weighted by atomic mass is 10.0. The van der Waals surface area contributed by atoms with Gasteiger partial charge in [0.05, 0.1) is 25.3 Å². The molecule has 1 saturated heterocycles. The molecule has 6 nitrogen and oxygen atoms in total. The van der Waals surface area contributed by atoms with E-state index in [0.717, 1.165) is 27.7 Å². The second-order valence-electron chi connectivity index (χ2n) is 6.39. The summed E-state index contributed by atoms with van der Waals surface area (Å²) in [7, 11) is 0. The van der Waals surface area contributed by atoms with Gasteiger partial charge >= 0.3 is 5.97 Å². The van der Waals surface area contributed by atoms with Gasteiger partial charge in [0.2, 0.25) is 5.91 Å². The number of aryl methyl sites for hydroxylation is 2. The number of carboxylic acids is 1. The summed E-state index contributed by atoms with van der Waals surface area (Å²) in [5, 5.41) is 10.1. The molecule has 0 aliphatic carbocycles. The molecule has 1 unspecified atom stereocenters. The van der Waals surface area contributed by atoms with E-state index in [1.165, 1.54) is 0 Å². The van der Waals surface area contributed by atoms with E-state index in [2.05, 4.69) is 0 Å². The molecule has 1 aliphatic heterocycles. The van der Waals surface area contributed by atoms with Crippen molar-refractivity contribution >= 4 is 22.8 Å². The summed E-state index contributed by atoms with van der Waals surface area (Å²) >= 11 is 0. The highest BCUT2D eigenvalue weighted by molar-refractivity contribution is 5.90. The minimum atomic E-state index is -1.04. The molecule has 0 radical (unpaired) electrons. The van der Waals surface area contributed by atoms with Gasteiger partial charge < -0.3 is 19.2 Å². The molecule has 0 bridgehead atoms. The molecular weight excluding hydrogens is 310 g/mol. The topological polar surface area (TPSA) is 80.0 Å². The van der Waals surface area contributed by atoms with Crippen molar-refractivity contribution in [1.82, 2.24) is 4.90 Å². The maximum absolute atomic E-state index is 12.6. The van der Waals surface area contributed by atoms with Crippen LogP contribution in [0.25, 0.3) is 11.0 Å². The van der Waals surface area contributed by atoms with Crippen molar-refractivity contribution in [3.05, 3.63) is 35.1 Å². The number of hydrogen-bond donors (Lipinski definition) is 1. The number of aliphatic carboxylic acids is 1. The number of morpholine rings is 1. The predicted molar refractivity (Wildman–Crippen MR) is 87.9 cm³/mol. The van der Waals surface area contributed by atoms with Crippen LogP contribution in [0.5, 0.6) is 0 Å². The molecule has 1 aromatic heterocycles. The lowest BCUT2D eigenvalue weighted by molar-refractivity contribution is -0.166. The van der Waals surface area contributed by atoms with Crippen LogP contribution in [0.2, 0.25) is 0 Å². The summed E-state index contributed by atoms with van der Waals surface area (Å²) in [5.41, 5.74) is 3.83. The Kier molecular flexibility index (Phi) is 4.32. The van der Waals surface area contributed by atoms with Gasteiger partial charge in [-0.2, -0.15) is 0 Å². The molecule has 1 N–H and O–H groups in total. The fraction of sp³-hybridized carbons (Fsp3) is 0.444. The van der Waals surface area contributed by atoms with E-state index < -0.39 is 12.1 Å². The molecule has 6 heteroatoms. The molecule has 0 spiro atoms. The number of carbonyl (C=O) groups is 2. The van der Waals surface area contributed by atoms with Crippen molar-refractivity contribution in [3.63, 3.8) is 0 Å². The SMILES string of the molecule is Cc1ccc2c(CC(=O)N3CC(C(=O)O)O[C@H](C)C3)coc2c1C. The zero-order chi connectivity index (χ0) is 17.4. The molecule has 1 aromatic carbocycles. The van der Waals surface area contributed by atoms with Crippen LogP contribution in [-0.4, -0.2) is 47.2 Å². The Morgan fingerprint density at radius 3 is 2.75 bits per heavy atom. The van der Waals surface area contributed by atoms with Crippen LogP contribution in [0.15, 0.2) is 22.8 Å². The zero-order valence-corrected chi connectivity index (χ0v) is 14.0. The van der Waals surface area contributed by atoms with E-state index in [0.29, 0.717) is 6.54 Å². The Bertz CT molecular complexity index is 794. The predicted octanol–water partition coefficient (Wildman–Crippen LogP) is 2.29. The normalized spacial score (nSPS) is 21.2. The molecule has 0 saturated carbocycles. The van der Waals surface area contributed by atoms with Crippen LogP contribution in [-0.2, 0) is 20.7 Å². The average molecular weight is 331 g/mol. The molecule has 2 heterocycles. The molecule has 1 aliphatic rings. The van der Waals surface area contributed by atoms with Crippen molar-refractivity contribution in [2.45, 2.75) is 39.4 Å². The van der Waals surface area contributed by atoms with Crippen LogP contribution in [0.1, 0.15) is 23.6 Å². The molecule has 1 fully saturated rings. The van der Waals surface area contributed by atoms with Crippen molar-refractivity contribution in [2.75, 3.05) is 13.1 Å². The van der Waals surface area contributed by atoms with E-state index >= 15 is 0 Å². The molecule has 128 valence electrons. The summed E-state index contributed by atoms with van der Waals surface area (Å²) in [6.07, 6.45) is 0.542. The maximum atomic E-state index is 12.6. The van der Waals surface area contributed by atoms with E-state index in [4.69, 9.17) is 14.3 Å². The molecule has 2 aromatic rings. The third kappa shape index (κ3) is 3.01. The molecule has 2 atom stereocenters. The Labute approximate surface area is 140 Å². The number of carboxylic acid groups (broad SMARTS) is 1. The fourth-order valence-corrected chi connectivity index (χ4v) is 3.09. The molecular formula is C18H21NO5. The van der Waals surface area contributed by atoms with E-state index in [-0.39, 0.29) is 25.0 Å². The number of amides is 1. The standard InChI is InChI=1S/C18H21NO5/c1-10-4-5-14-13(9-23-17(14)12(10)3)6-16(20)19-7-11(2)24-15(8-19)18(21)22/h4-5,9,11,15H,6-8H2,1-3H3,(H,21,22)/t11-,15?/m1/s1. The minimum Gasteiger partial charge on any atom is -0.479 e. The van der Waals surface area contributed by atoms with Crippen molar-refractivity contribution in [3.8, 4) is 0 Å². The Morgan fingerprint density at radius 1 is 1.29 bits per heavy atom. The second-order valence-corrected chi connectivity index (χ2v) is 6.39. The van der Waals surface area contributed by atoms with Gasteiger partial charge in [-0.15, -0.1) is 0 Å². The highest BCUT2D eigenvalue weighted by Crippen LogP contribution is 2.27. The smallest absolute Gasteiger partial charge is 0.334 e. The van der Waals surface area contributed by atoms with Gasteiger partial charge in [0.15, 0.2) is 6.10 Å². The quantitative estimate of drug-likeness (QED) is 0.933. The van der Waals surface area contributed by atoms with Crippen molar-refractivity contribution in [2.24, 2.45) is 0 Å². The largest absolute Gasteiger partial charge is 0.479 e. The lowest BCUT2D eigenvalue weighted by Crippen LogP contribution is -2.52. The first-order chi connectivity index (χ1) is 11.4. The first-order valence-electron chi connectivity index (χ1n) is 7.99. The lowest BCUT2D eigenvalue weighted by Gasteiger charge is -2.35. The number of hydrogen-bond acceptors (Lipinski definition) is 4. The van der Waals surface area contributed by atoms with Crippen LogP contribution in [0, 0.1) is 13.8 Å². The van der Waals surface area contributed by atoms with Gasteiger partial charge in [0.25, 0.3) is 0 Å². The van der Waals surface area contributed by atoms with Gasteiger partial charge in [-0.25, -0.2) is 4.79 Å². The zero-order valence-electron chi connectivity index (χ0n) is 14.0. The van der Waals surface area contributed by atoms with Gasteiger partial charge in [0.1, 0.15) is 5.58 Å². The average Bonchev–Trinajstić information content (AvgIpc) is 2.94. The Balaban J connectivity index is 1.80. The third-order valence-electron chi connectivity index (χ3n) is 4.57. The molecule has 24 heavy (non-hydrogen) atoms. The number of rotatable bonds is 3. The van der Waals surface area contributed by atoms with Gasteiger partial charge in [-0.1, -0.05) is 12.1 Å². The highest BCUT2D eigenvalue weighted by atomic mass is 16.5. The molecule has 1 amide bonds. The number of carbonyl (C=O) groups excluding carboxylic acids is 1. The first kappa shape index (κ1) is 16.5. The van der Waals surface area contributed by atoms with E-state index in [1.807, 2.05) is 26.0 Å². The maximum Gasteiger partial charge on any atom is 0.334 e. The second kappa shape index (κ2) is 6.28. The van der Waals surface area contributed by atoms with Crippen molar-refractivity contribution < 1.29 is 23.8 Å². The van der Waals surface area contributed by atoms with Crippen LogP contribution < -0.4 is 0 Å². The third-order valence-corrected chi connectivity index (χ3v) is 4.57. The Morgan fingerprint density at radius 2 is 2.04 bits per heavy atom. The Hall–Kier alpha value is -2.34. The van der Waals surface area contributed by atoms with E-state index in [1.54, 1.807) is 18.1 Å². The van der Waals surface area contributed by atoms with Gasteiger partial charge in [-0.3, -0.25) is 4.79 Å².